The van der Waals surface area contributed by atoms with Gasteiger partial charge in [-0.05, 0) is 54.5 Å². The van der Waals surface area contributed by atoms with E-state index < -0.39 is 5.97 Å². The van der Waals surface area contributed by atoms with Crippen LogP contribution in [0.1, 0.15) is 43.7 Å². The summed E-state index contributed by atoms with van der Waals surface area (Å²) in [5, 5.41) is 8.74. The van der Waals surface area contributed by atoms with Gasteiger partial charge in [-0.1, -0.05) is 38.3 Å². The van der Waals surface area contributed by atoms with E-state index in [4.69, 9.17) is 14.7 Å². The summed E-state index contributed by atoms with van der Waals surface area (Å²) in [6, 6.07) is 16.0. The number of hydrogen-bond donors (Lipinski definition) is 0. The summed E-state index contributed by atoms with van der Waals surface area (Å²) in [5.41, 5.74) is 1.41. The fourth-order valence-electron chi connectivity index (χ4n) is 2.31. The zero-order valence-electron chi connectivity index (χ0n) is 15.0. The molecule has 26 heavy (non-hydrogen) atoms. The van der Waals surface area contributed by atoms with E-state index in [1.54, 1.807) is 30.3 Å². The standard InChI is InChI=1S/C22H23NO3/c1-2-3-4-5-16-25-20-11-6-18(7-12-20)10-15-22(24)26-21-13-8-19(17-23)9-14-21/h6-15H,2-5,16H2,1H3/b15-10+. The first kappa shape index (κ1) is 19.3. The summed E-state index contributed by atoms with van der Waals surface area (Å²) in [4.78, 5) is 11.8. The van der Waals surface area contributed by atoms with Crippen LogP contribution in [0, 0.1) is 11.3 Å². The van der Waals surface area contributed by atoms with Crippen molar-refractivity contribution < 1.29 is 14.3 Å². The number of carbonyl (C=O) groups is 1. The highest BCUT2D eigenvalue weighted by molar-refractivity contribution is 5.88. The van der Waals surface area contributed by atoms with Gasteiger partial charge in [-0.25, -0.2) is 4.79 Å². The SMILES string of the molecule is CCCCCCOc1ccc(/C=C/C(=O)Oc2ccc(C#N)cc2)cc1. The molecular formula is C22H23NO3. The first-order valence-corrected chi connectivity index (χ1v) is 8.84. The number of rotatable bonds is 9. The number of carbonyl (C=O) groups excluding carboxylic acids is 1. The lowest BCUT2D eigenvalue weighted by molar-refractivity contribution is -0.128. The molecule has 0 aromatic heterocycles. The lowest BCUT2D eigenvalue weighted by Crippen LogP contribution is -2.03. The second-order valence-corrected chi connectivity index (χ2v) is 5.87. The van der Waals surface area contributed by atoms with E-state index in [1.165, 1.54) is 25.3 Å². The molecule has 0 aliphatic carbocycles. The van der Waals surface area contributed by atoms with Gasteiger partial charge in [0.25, 0.3) is 0 Å². The second kappa shape index (κ2) is 10.7. The second-order valence-electron chi connectivity index (χ2n) is 5.87. The van der Waals surface area contributed by atoms with Crippen LogP contribution in [0.5, 0.6) is 11.5 Å². The van der Waals surface area contributed by atoms with E-state index in [2.05, 4.69) is 6.92 Å². The Morgan fingerprint density at radius 3 is 2.35 bits per heavy atom. The molecule has 4 heteroatoms. The number of benzene rings is 2. The van der Waals surface area contributed by atoms with Crippen LogP contribution in [0.4, 0.5) is 0 Å². The van der Waals surface area contributed by atoms with Gasteiger partial charge < -0.3 is 9.47 Å². The Kier molecular flexibility index (Phi) is 7.95. The molecule has 0 radical (unpaired) electrons. The van der Waals surface area contributed by atoms with Gasteiger partial charge in [0.05, 0.1) is 18.2 Å². The largest absolute Gasteiger partial charge is 0.494 e. The van der Waals surface area contributed by atoms with Crippen molar-refractivity contribution in [1.29, 1.82) is 5.26 Å². The van der Waals surface area contributed by atoms with Crippen LogP contribution in [0.15, 0.2) is 54.6 Å². The molecule has 0 spiro atoms. The molecule has 0 saturated carbocycles. The highest BCUT2D eigenvalue weighted by Gasteiger charge is 2.01. The fourth-order valence-corrected chi connectivity index (χ4v) is 2.31. The lowest BCUT2D eigenvalue weighted by Gasteiger charge is -2.06. The summed E-state index contributed by atoms with van der Waals surface area (Å²) < 4.78 is 10.9. The van der Waals surface area contributed by atoms with Crippen molar-refractivity contribution in [3.8, 4) is 17.6 Å². The Balaban J connectivity index is 1.79. The van der Waals surface area contributed by atoms with Gasteiger partial charge in [0, 0.05) is 6.08 Å². The van der Waals surface area contributed by atoms with E-state index in [1.807, 2.05) is 30.3 Å². The topological polar surface area (TPSA) is 59.3 Å². The van der Waals surface area contributed by atoms with Crippen molar-refractivity contribution in [3.63, 3.8) is 0 Å². The highest BCUT2D eigenvalue weighted by Crippen LogP contribution is 2.15. The highest BCUT2D eigenvalue weighted by atomic mass is 16.5. The van der Waals surface area contributed by atoms with E-state index in [9.17, 15) is 4.79 Å². The minimum absolute atomic E-state index is 0.408. The molecule has 0 amide bonds. The van der Waals surface area contributed by atoms with Crippen LogP contribution < -0.4 is 9.47 Å². The van der Waals surface area contributed by atoms with Crippen LogP contribution in [-0.4, -0.2) is 12.6 Å². The Hall–Kier alpha value is -3.06. The van der Waals surface area contributed by atoms with Gasteiger partial charge in [0.1, 0.15) is 11.5 Å². The quantitative estimate of drug-likeness (QED) is 0.272. The third-order valence-electron chi connectivity index (χ3n) is 3.76. The van der Waals surface area contributed by atoms with Gasteiger partial charge in [0.2, 0.25) is 0 Å². The summed E-state index contributed by atoms with van der Waals surface area (Å²) in [5.74, 6) is 0.773. The number of unbranched alkanes of at least 4 members (excludes halogenated alkanes) is 3. The molecule has 134 valence electrons. The van der Waals surface area contributed by atoms with Gasteiger partial charge >= 0.3 is 5.97 Å². The minimum Gasteiger partial charge on any atom is -0.494 e. The van der Waals surface area contributed by atoms with Crippen molar-refractivity contribution in [3.05, 3.63) is 65.7 Å². The maximum absolute atomic E-state index is 11.8. The smallest absolute Gasteiger partial charge is 0.336 e. The number of nitriles is 1. The maximum atomic E-state index is 11.8. The molecule has 2 aromatic rings. The third-order valence-corrected chi connectivity index (χ3v) is 3.76. The average Bonchev–Trinajstić information content (AvgIpc) is 2.68. The van der Waals surface area contributed by atoms with Gasteiger partial charge in [-0.15, -0.1) is 0 Å². The summed E-state index contributed by atoms with van der Waals surface area (Å²) in [6.07, 6.45) is 7.78. The van der Waals surface area contributed by atoms with E-state index in [0.717, 1.165) is 24.3 Å². The predicted octanol–water partition coefficient (Wildman–Crippen LogP) is 5.14. The Bertz CT molecular complexity index is 755. The zero-order chi connectivity index (χ0) is 18.6. The van der Waals surface area contributed by atoms with E-state index in [0.29, 0.717) is 11.3 Å². The van der Waals surface area contributed by atoms with Gasteiger partial charge in [-0.3, -0.25) is 0 Å². The lowest BCUT2D eigenvalue weighted by atomic mass is 10.2. The molecule has 0 heterocycles. The third kappa shape index (κ3) is 6.82. The first-order chi connectivity index (χ1) is 12.7. The van der Waals surface area contributed by atoms with Crippen LogP contribution in [-0.2, 0) is 4.79 Å². The Labute approximate surface area is 154 Å². The molecule has 0 aliphatic heterocycles. The maximum Gasteiger partial charge on any atom is 0.336 e. The van der Waals surface area contributed by atoms with Crippen molar-refractivity contribution in [1.82, 2.24) is 0 Å². The zero-order valence-corrected chi connectivity index (χ0v) is 15.0. The molecule has 2 aromatic carbocycles. The van der Waals surface area contributed by atoms with E-state index >= 15 is 0 Å². The molecule has 0 aliphatic rings. The molecule has 0 fully saturated rings. The fraction of sp³-hybridized carbons (Fsp3) is 0.273. The summed E-state index contributed by atoms with van der Waals surface area (Å²) in [6.45, 7) is 2.92. The molecule has 0 N–H and O–H groups in total. The monoisotopic (exact) mass is 349 g/mol. The van der Waals surface area contributed by atoms with Gasteiger partial charge in [-0.2, -0.15) is 5.26 Å². The van der Waals surface area contributed by atoms with Gasteiger partial charge in [0.15, 0.2) is 0 Å². The van der Waals surface area contributed by atoms with Crippen LogP contribution in [0.25, 0.3) is 6.08 Å². The number of ether oxygens (including phenoxy) is 2. The molecule has 0 saturated heterocycles. The predicted molar refractivity (Wildman–Crippen MR) is 102 cm³/mol. The van der Waals surface area contributed by atoms with Crippen molar-refractivity contribution >= 4 is 12.0 Å². The van der Waals surface area contributed by atoms with E-state index in [-0.39, 0.29) is 0 Å². The van der Waals surface area contributed by atoms with Crippen LogP contribution >= 0.6 is 0 Å². The van der Waals surface area contributed by atoms with Crippen LogP contribution in [0.2, 0.25) is 0 Å². The molecule has 4 nitrogen and oxygen atoms in total. The number of esters is 1. The number of nitrogens with zero attached hydrogens (tertiary/aromatic N) is 1. The minimum atomic E-state index is -0.467. The molecule has 0 unspecified atom stereocenters. The Morgan fingerprint density at radius 1 is 1.00 bits per heavy atom. The summed E-state index contributed by atoms with van der Waals surface area (Å²) >= 11 is 0. The normalized spacial score (nSPS) is 10.5. The average molecular weight is 349 g/mol. The molecular weight excluding hydrogens is 326 g/mol. The van der Waals surface area contributed by atoms with Crippen molar-refractivity contribution in [2.75, 3.05) is 6.61 Å². The van der Waals surface area contributed by atoms with Crippen LogP contribution in [0.3, 0.4) is 0 Å². The Morgan fingerprint density at radius 2 is 1.69 bits per heavy atom. The first-order valence-electron chi connectivity index (χ1n) is 8.84. The molecule has 0 atom stereocenters. The summed E-state index contributed by atoms with van der Waals surface area (Å²) in [7, 11) is 0. The van der Waals surface area contributed by atoms with Crippen molar-refractivity contribution in [2.24, 2.45) is 0 Å². The number of hydrogen-bond acceptors (Lipinski definition) is 4. The molecule has 0 bridgehead atoms. The van der Waals surface area contributed by atoms with Crippen molar-refractivity contribution in [2.45, 2.75) is 32.6 Å². The molecule has 2 rings (SSSR count).